The smallest absolute Gasteiger partial charge is 0.328 e. The van der Waals surface area contributed by atoms with Gasteiger partial charge in [0.1, 0.15) is 17.8 Å². The van der Waals surface area contributed by atoms with Crippen LogP contribution in [0.1, 0.15) is 79.6 Å². The summed E-state index contributed by atoms with van der Waals surface area (Å²) in [7, 11) is 0. The van der Waals surface area contributed by atoms with Crippen LogP contribution in [0.5, 0.6) is 0 Å². The maximum absolute atomic E-state index is 16.1. The van der Waals surface area contributed by atoms with Crippen LogP contribution in [0.3, 0.4) is 0 Å². The number of imide groups is 1. The maximum Gasteiger partial charge on any atom is 0.328 e. The Morgan fingerprint density at radius 3 is 2.40 bits per heavy atom. The van der Waals surface area contributed by atoms with Crippen molar-refractivity contribution < 1.29 is 23.3 Å². The van der Waals surface area contributed by atoms with Crippen LogP contribution in [-0.4, -0.2) is 100 Å². The van der Waals surface area contributed by atoms with E-state index >= 15 is 4.39 Å². The Kier molecular flexibility index (Phi) is 10.1. The molecule has 3 aliphatic heterocycles. The molecule has 1 saturated carbocycles. The van der Waals surface area contributed by atoms with Crippen LogP contribution in [0, 0.1) is 18.7 Å². The lowest BCUT2D eigenvalue weighted by Gasteiger charge is -2.40. The van der Waals surface area contributed by atoms with E-state index in [4.69, 9.17) is 4.52 Å². The maximum atomic E-state index is 16.1. The molecule has 3 aromatic heterocycles. The van der Waals surface area contributed by atoms with Crippen LogP contribution in [0.2, 0.25) is 0 Å². The number of fused-ring (bicyclic) bond motifs is 3. The largest absolute Gasteiger partial charge is 0.372 e. The molecule has 4 amide bonds. The fourth-order valence-electron chi connectivity index (χ4n) is 9.35. The van der Waals surface area contributed by atoms with E-state index in [0.717, 1.165) is 110 Å². The van der Waals surface area contributed by atoms with Crippen molar-refractivity contribution in [3.05, 3.63) is 89.6 Å². The lowest BCUT2D eigenvalue weighted by atomic mass is 9.95. The Morgan fingerprint density at radius 1 is 0.935 bits per heavy atom. The zero-order valence-electron chi connectivity index (χ0n) is 35.2. The molecule has 0 spiro atoms. The molecule has 6 aromatic rings. The molecule has 10 rings (SSSR count). The van der Waals surface area contributed by atoms with Gasteiger partial charge in [-0.2, -0.15) is 4.98 Å². The van der Waals surface area contributed by atoms with Crippen LogP contribution in [0.25, 0.3) is 33.2 Å². The van der Waals surface area contributed by atoms with Crippen molar-refractivity contribution in [2.24, 2.45) is 5.92 Å². The molecule has 3 N–H and O–H groups in total. The van der Waals surface area contributed by atoms with Crippen molar-refractivity contribution in [1.29, 1.82) is 0 Å². The molecule has 15 nitrogen and oxygen atoms in total. The summed E-state index contributed by atoms with van der Waals surface area (Å²) in [5, 5.41) is 11.0. The van der Waals surface area contributed by atoms with E-state index in [2.05, 4.69) is 80.8 Å². The average molecular weight is 840 g/mol. The molecule has 6 heterocycles. The van der Waals surface area contributed by atoms with E-state index in [1.54, 1.807) is 17.9 Å². The Hall–Kier alpha value is -6.42. The van der Waals surface area contributed by atoms with Gasteiger partial charge in [0.2, 0.25) is 5.91 Å². The van der Waals surface area contributed by atoms with Crippen molar-refractivity contribution in [2.45, 2.75) is 64.3 Å². The molecule has 1 atom stereocenters. The molecule has 4 aliphatic rings. The number of nitrogens with one attached hydrogen (secondary N) is 3. The number of nitrogens with zero attached hydrogens (tertiary/aromatic N) is 8. The molecule has 0 bridgehead atoms. The summed E-state index contributed by atoms with van der Waals surface area (Å²) >= 11 is 0. The zero-order chi connectivity index (χ0) is 42.7. The van der Waals surface area contributed by atoms with Gasteiger partial charge in [-0.25, -0.2) is 19.2 Å². The molecular weight excluding hydrogens is 790 g/mol. The Labute approximate surface area is 358 Å². The highest BCUT2D eigenvalue weighted by Crippen LogP contribution is 2.46. The van der Waals surface area contributed by atoms with Gasteiger partial charge in [0.25, 0.3) is 0 Å². The number of urea groups is 1. The van der Waals surface area contributed by atoms with Gasteiger partial charge in [0, 0.05) is 97.7 Å². The van der Waals surface area contributed by atoms with Gasteiger partial charge in [-0.15, -0.1) is 0 Å². The second-order valence-corrected chi connectivity index (χ2v) is 17.7. The summed E-state index contributed by atoms with van der Waals surface area (Å²) < 4.78 is 21.4. The number of aryl methyl sites for hydroxylation is 1. The molecule has 3 saturated heterocycles. The first-order valence-electron chi connectivity index (χ1n) is 21.7. The summed E-state index contributed by atoms with van der Waals surface area (Å²) in [6.45, 7) is 13.1. The number of carbonyl (C=O) groups is 3. The fraction of sp³-hybridized carbons (Fsp3) is 0.413. The summed E-state index contributed by atoms with van der Waals surface area (Å²) in [6, 6.07) is 16.9. The van der Waals surface area contributed by atoms with Crippen molar-refractivity contribution in [3.63, 3.8) is 0 Å². The lowest BCUT2D eigenvalue weighted by Crippen LogP contribution is -2.49. The quantitative estimate of drug-likeness (QED) is 0.135. The minimum Gasteiger partial charge on any atom is -0.372 e. The molecule has 62 heavy (non-hydrogen) atoms. The number of piperazine rings is 1. The van der Waals surface area contributed by atoms with E-state index in [1.165, 1.54) is 12.4 Å². The monoisotopic (exact) mass is 839 g/mol. The summed E-state index contributed by atoms with van der Waals surface area (Å²) in [5.41, 5.74) is 6.84. The molecule has 1 aliphatic carbocycles. The zero-order valence-corrected chi connectivity index (χ0v) is 35.2. The predicted molar refractivity (Wildman–Crippen MR) is 234 cm³/mol. The number of anilines is 3. The lowest BCUT2D eigenvalue weighted by molar-refractivity contribution is -0.120. The molecular formula is C46H50FN11O4. The highest BCUT2D eigenvalue weighted by atomic mass is 19.1. The van der Waals surface area contributed by atoms with Crippen LogP contribution < -0.4 is 25.3 Å². The number of hydrogen-bond donors (Lipinski definition) is 3. The number of aromatic amines is 1. The van der Waals surface area contributed by atoms with Gasteiger partial charge >= 0.3 is 17.8 Å². The molecule has 0 unspecified atom stereocenters. The van der Waals surface area contributed by atoms with Crippen molar-refractivity contribution in [1.82, 2.24) is 40.6 Å². The van der Waals surface area contributed by atoms with Crippen LogP contribution in [0.15, 0.2) is 65.4 Å². The number of halogens is 1. The van der Waals surface area contributed by atoms with Crippen molar-refractivity contribution in [3.8, 4) is 11.3 Å². The SMILES string of the molecule is Cc1cc(-c2ncnc3[nH]c4cc(N5CCN(CC6CCN(c7ccc(N8CCC(=O)NC8=O)cc7)CC6)CC5)ccc4c23)c(F)cc1[C@@H](C)NC(=O)c1nc(C2(C)CC2)no1. The second kappa shape index (κ2) is 15.8. The molecule has 4 fully saturated rings. The number of aromatic nitrogens is 5. The highest BCUT2D eigenvalue weighted by Gasteiger charge is 2.44. The summed E-state index contributed by atoms with van der Waals surface area (Å²) in [5.74, 6) is -0.0787. The third-order valence-electron chi connectivity index (χ3n) is 13.4. The minimum absolute atomic E-state index is 0.0961. The van der Waals surface area contributed by atoms with Gasteiger partial charge in [0.15, 0.2) is 5.82 Å². The van der Waals surface area contributed by atoms with E-state index < -0.39 is 17.8 Å². The van der Waals surface area contributed by atoms with Gasteiger partial charge in [-0.05, 0) is 105 Å². The van der Waals surface area contributed by atoms with Crippen molar-refractivity contribution in [2.75, 3.05) is 67.1 Å². The van der Waals surface area contributed by atoms with Gasteiger partial charge in [-0.3, -0.25) is 24.7 Å². The second-order valence-electron chi connectivity index (χ2n) is 17.7. The number of H-pyrrole nitrogens is 1. The predicted octanol–water partition coefficient (Wildman–Crippen LogP) is 6.64. The third kappa shape index (κ3) is 7.60. The molecule has 16 heteroatoms. The summed E-state index contributed by atoms with van der Waals surface area (Å²) in [6.07, 6.45) is 5.97. The standard InChI is InChI=1S/C46H50FN11O4/c1-27-22-35(36(47)24-34(27)28(2)50-42(60)43-53-44(54-62-43)46(3)13-14-46)40-39-33-9-8-32(23-37(33)51-41(39)49-26-48-40)57-20-18-55(19-21-57)25-29-10-15-56(16-11-29)30-4-6-31(7-5-30)58-17-12-38(59)52-45(58)61/h4-9,22-24,26,28-29H,10-21,25H2,1-3H3,(H,50,60)(H,48,49,51)(H,52,59,61)/t28-/m1/s1. The topological polar surface area (TPSA) is 169 Å². The number of carbonyl (C=O) groups excluding carboxylic acids is 3. The first-order chi connectivity index (χ1) is 30.0. The molecule has 3 aromatic carbocycles. The van der Waals surface area contributed by atoms with Crippen LogP contribution in [0.4, 0.5) is 26.2 Å². The number of piperidine rings is 1. The van der Waals surface area contributed by atoms with E-state index in [0.29, 0.717) is 47.2 Å². The molecule has 320 valence electrons. The first kappa shape index (κ1) is 39.7. The first-order valence-corrected chi connectivity index (χ1v) is 21.7. The van der Waals surface area contributed by atoms with Gasteiger partial charge in [-0.1, -0.05) is 18.1 Å². The average Bonchev–Trinajstić information content (AvgIpc) is 3.64. The Balaban J connectivity index is 0.757. The number of rotatable bonds is 10. The van der Waals surface area contributed by atoms with Crippen molar-refractivity contribution >= 4 is 56.8 Å². The Bertz CT molecular complexity index is 2690. The minimum atomic E-state index is -0.514. The highest BCUT2D eigenvalue weighted by molar-refractivity contribution is 6.12. The molecule has 0 radical (unpaired) electrons. The van der Waals surface area contributed by atoms with E-state index in [9.17, 15) is 14.4 Å². The third-order valence-corrected chi connectivity index (χ3v) is 13.4. The fourth-order valence-corrected chi connectivity index (χ4v) is 9.35. The van der Waals surface area contributed by atoms with E-state index in [-0.39, 0.29) is 23.2 Å². The normalized spacial score (nSPS) is 19.0. The van der Waals surface area contributed by atoms with E-state index in [1.807, 2.05) is 26.0 Å². The Morgan fingerprint density at radius 2 is 1.66 bits per heavy atom. The summed E-state index contributed by atoms with van der Waals surface area (Å²) in [4.78, 5) is 62.8. The number of hydrogen-bond acceptors (Lipinski definition) is 11. The van der Waals surface area contributed by atoms with Crippen LogP contribution in [-0.2, 0) is 10.2 Å². The number of benzene rings is 3. The van der Waals surface area contributed by atoms with Gasteiger partial charge < -0.3 is 24.6 Å². The van der Waals surface area contributed by atoms with Gasteiger partial charge in [0.05, 0.1) is 17.1 Å². The number of amides is 4. The van der Waals surface area contributed by atoms with Crippen LogP contribution >= 0.6 is 0 Å².